The minimum atomic E-state index is -0.130. The van der Waals surface area contributed by atoms with Crippen molar-refractivity contribution in [3.8, 4) is 6.07 Å². The summed E-state index contributed by atoms with van der Waals surface area (Å²) in [6.07, 6.45) is 11.3. The monoisotopic (exact) mass is 389 g/mol. The Morgan fingerprint density at radius 3 is 1.72 bits per heavy atom. The van der Waals surface area contributed by atoms with E-state index in [0.29, 0.717) is 11.8 Å². The summed E-state index contributed by atoms with van der Waals surface area (Å²) in [5.74, 6) is 13.4. The fourth-order valence-electron chi connectivity index (χ4n) is 12.2. The summed E-state index contributed by atoms with van der Waals surface area (Å²) in [4.78, 5) is 0. The van der Waals surface area contributed by atoms with Crippen LogP contribution in [0.4, 0.5) is 0 Å². The largest absolute Gasteiger partial charge is 0.371 e. The van der Waals surface area contributed by atoms with Crippen LogP contribution < -0.4 is 0 Å². The van der Waals surface area contributed by atoms with Crippen LogP contribution in [0.2, 0.25) is 0 Å². The van der Waals surface area contributed by atoms with Crippen molar-refractivity contribution in [1.82, 2.24) is 0 Å². The summed E-state index contributed by atoms with van der Waals surface area (Å²) in [7, 11) is 0. The van der Waals surface area contributed by atoms with Crippen molar-refractivity contribution in [3.05, 3.63) is 12.2 Å². The van der Waals surface area contributed by atoms with Crippen LogP contribution in [-0.2, 0) is 4.74 Å². The summed E-state index contributed by atoms with van der Waals surface area (Å²) in [5, 5.41) is 10.1. The van der Waals surface area contributed by atoms with Crippen molar-refractivity contribution in [2.45, 2.75) is 58.2 Å². The molecule has 7 fully saturated rings. The molecule has 0 aromatic carbocycles. The van der Waals surface area contributed by atoms with Gasteiger partial charge in [-0.2, -0.15) is 5.26 Å². The smallest absolute Gasteiger partial charge is 0.0774 e. The molecule has 16 unspecified atom stereocenters. The Kier molecular flexibility index (Phi) is 2.89. The Morgan fingerprint density at radius 1 is 0.690 bits per heavy atom. The molecule has 16 atom stereocenters. The van der Waals surface area contributed by atoms with Crippen molar-refractivity contribution in [2.75, 3.05) is 0 Å². The SMILES string of the molecule is CC(C)(C)OC1C(C#N)C2CC1C1C3CC(C21)C1C2CC(C4C5C=CC(C5)C24)C31. The van der Waals surface area contributed by atoms with Crippen LogP contribution in [0.15, 0.2) is 12.2 Å². The van der Waals surface area contributed by atoms with E-state index in [1.54, 1.807) is 6.42 Å². The molecular formula is C27H35NO. The van der Waals surface area contributed by atoms with Crippen molar-refractivity contribution in [3.63, 3.8) is 0 Å². The molecule has 7 saturated carbocycles. The normalized spacial score (nSPS) is 66.6. The molecule has 8 bridgehead atoms. The fraction of sp³-hybridized carbons (Fsp3) is 0.889. The molecule has 0 heterocycles. The highest BCUT2D eigenvalue weighted by Gasteiger charge is 2.77. The second-order valence-corrected chi connectivity index (χ2v) is 13.5. The predicted molar refractivity (Wildman–Crippen MR) is 110 cm³/mol. The number of ether oxygens (including phenoxy) is 1. The minimum absolute atomic E-state index is 0.130. The molecule has 0 saturated heterocycles. The number of hydrogen-bond donors (Lipinski definition) is 0. The maximum Gasteiger partial charge on any atom is 0.0774 e. The zero-order valence-electron chi connectivity index (χ0n) is 18.1. The van der Waals surface area contributed by atoms with Crippen molar-refractivity contribution in [1.29, 1.82) is 5.26 Å². The minimum Gasteiger partial charge on any atom is -0.371 e. The van der Waals surface area contributed by atoms with E-state index in [0.717, 1.165) is 71.0 Å². The third-order valence-electron chi connectivity index (χ3n) is 11.9. The lowest BCUT2D eigenvalue weighted by molar-refractivity contribution is -0.131. The zero-order valence-corrected chi connectivity index (χ0v) is 18.1. The van der Waals surface area contributed by atoms with Gasteiger partial charge >= 0.3 is 0 Å². The third kappa shape index (κ3) is 1.75. The van der Waals surface area contributed by atoms with E-state index in [1.807, 2.05) is 0 Å². The average Bonchev–Trinajstić information content (AvgIpc) is 3.50. The molecule has 2 heteroatoms. The van der Waals surface area contributed by atoms with Crippen LogP contribution >= 0.6 is 0 Å². The van der Waals surface area contributed by atoms with E-state index in [2.05, 4.69) is 39.0 Å². The fourth-order valence-corrected chi connectivity index (χ4v) is 12.2. The molecule has 0 aliphatic heterocycles. The van der Waals surface area contributed by atoms with E-state index in [-0.39, 0.29) is 17.6 Å². The van der Waals surface area contributed by atoms with Crippen molar-refractivity contribution in [2.24, 2.45) is 88.8 Å². The highest BCUT2D eigenvalue weighted by molar-refractivity contribution is 5.28. The molecule has 8 aliphatic rings. The number of rotatable bonds is 1. The molecule has 2 nitrogen and oxygen atoms in total. The van der Waals surface area contributed by atoms with Gasteiger partial charge in [0.2, 0.25) is 0 Å². The van der Waals surface area contributed by atoms with E-state index < -0.39 is 0 Å². The summed E-state index contributed by atoms with van der Waals surface area (Å²) in [6.45, 7) is 6.54. The summed E-state index contributed by atoms with van der Waals surface area (Å²) >= 11 is 0. The molecule has 154 valence electrons. The highest BCUT2D eigenvalue weighted by atomic mass is 16.5. The van der Waals surface area contributed by atoms with Crippen LogP contribution in [0.1, 0.15) is 46.5 Å². The van der Waals surface area contributed by atoms with E-state index in [9.17, 15) is 5.26 Å². The second kappa shape index (κ2) is 4.98. The molecule has 0 radical (unpaired) electrons. The van der Waals surface area contributed by atoms with Gasteiger partial charge in [-0.3, -0.25) is 0 Å². The van der Waals surface area contributed by atoms with Crippen LogP contribution in [0.3, 0.4) is 0 Å². The Bertz CT molecular complexity index is 848. The third-order valence-corrected chi connectivity index (χ3v) is 11.9. The van der Waals surface area contributed by atoms with Crippen LogP contribution in [0, 0.1) is 100 Å². The van der Waals surface area contributed by atoms with Gasteiger partial charge in [-0.15, -0.1) is 0 Å². The Morgan fingerprint density at radius 2 is 1.17 bits per heavy atom. The molecular weight excluding hydrogens is 354 g/mol. The molecule has 0 aromatic rings. The van der Waals surface area contributed by atoms with Gasteiger partial charge < -0.3 is 4.74 Å². The number of nitrogens with zero attached hydrogens (tertiary/aromatic N) is 1. The van der Waals surface area contributed by atoms with Crippen molar-refractivity contribution < 1.29 is 4.74 Å². The van der Waals surface area contributed by atoms with E-state index in [4.69, 9.17) is 4.74 Å². The number of fused-ring (bicyclic) bond motifs is 23. The molecule has 0 spiro atoms. The van der Waals surface area contributed by atoms with Gasteiger partial charge in [-0.1, -0.05) is 12.2 Å². The van der Waals surface area contributed by atoms with Gasteiger partial charge in [0.15, 0.2) is 0 Å². The molecule has 8 rings (SSSR count). The number of allylic oxidation sites excluding steroid dienone is 2. The van der Waals surface area contributed by atoms with Crippen LogP contribution in [0.25, 0.3) is 0 Å². The number of nitriles is 1. The maximum atomic E-state index is 10.1. The molecule has 8 aliphatic carbocycles. The first-order valence-electron chi connectivity index (χ1n) is 12.7. The predicted octanol–water partition coefficient (Wildman–Crippen LogP) is 5.16. The lowest BCUT2D eigenvalue weighted by Gasteiger charge is -2.51. The Balaban J connectivity index is 1.16. The van der Waals surface area contributed by atoms with Gasteiger partial charge in [0.25, 0.3) is 0 Å². The summed E-state index contributed by atoms with van der Waals surface area (Å²) < 4.78 is 6.60. The van der Waals surface area contributed by atoms with E-state index >= 15 is 0 Å². The first-order chi connectivity index (χ1) is 14.0. The van der Waals surface area contributed by atoms with E-state index in [1.165, 1.54) is 19.3 Å². The van der Waals surface area contributed by atoms with Gasteiger partial charge in [-0.25, -0.2) is 0 Å². The van der Waals surface area contributed by atoms with Crippen LogP contribution in [0.5, 0.6) is 0 Å². The molecule has 0 amide bonds. The lowest BCUT2D eigenvalue weighted by Crippen LogP contribution is -2.50. The van der Waals surface area contributed by atoms with Gasteiger partial charge in [-0.05, 0) is 129 Å². The summed E-state index contributed by atoms with van der Waals surface area (Å²) in [5.41, 5.74) is -0.130. The Labute approximate surface area is 175 Å². The molecule has 0 N–H and O–H groups in total. The molecule has 0 aromatic heterocycles. The molecule has 29 heavy (non-hydrogen) atoms. The average molecular weight is 390 g/mol. The first-order valence-corrected chi connectivity index (χ1v) is 12.7. The summed E-state index contributed by atoms with van der Waals surface area (Å²) in [6, 6.07) is 2.76. The Hall–Kier alpha value is -0.810. The number of hydrogen-bond acceptors (Lipinski definition) is 2. The van der Waals surface area contributed by atoms with Gasteiger partial charge in [0, 0.05) is 0 Å². The second-order valence-electron chi connectivity index (χ2n) is 13.5. The van der Waals surface area contributed by atoms with Crippen molar-refractivity contribution >= 4 is 0 Å². The van der Waals surface area contributed by atoms with Gasteiger partial charge in [0.1, 0.15) is 0 Å². The lowest BCUT2D eigenvalue weighted by atomic mass is 9.54. The van der Waals surface area contributed by atoms with Gasteiger partial charge in [0.05, 0.1) is 23.7 Å². The topological polar surface area (TPSA) is 33.0 Å². The highest BCUT2D eigenvalue weighted by Crippen LogP contribution is 2.81. The standard InChI is InChI=1S/C27H35NO/c1-27(2,3)29-26-18-7-13(19(26)10-28)22-16-9-17(25(18)22)24-15-8-14(23(16)24)20-11-4-5-12(6-11)21(15)20/h4-5,11-26H,6-9H2,1-3H3. The first kappa shape index (κ1) is 16.8. The zero-order chi connectivity index (χ0) is 19.4. The maximum absolute atomic E-state index is 10.1. The van der Waals surface area contributed by atoms with Crippen LogP contribution in [-0.4, -0.2) is 11.7 Å². The quantitative estimate of drug-likeness (QED) is 0.458.